The minimum Gasteiger partial charge on any atom is -0.435 e. The number of rotatable bonds is 7. The van der Waals surface area contributed by atoms with Crippen LogP contribution in [-0.4, -0.2) is 24.2 Å². The summed E-state index contributed by atoms with van der Waals surface area (Å²) in [4.78, 5) is 0. The number of thioether (sulfide) groups is 1. The molecule has 1 unspecified atom stereocenters. The molecule has 0 amide bonds. The van der Waals surface area contributed by atoms with E-state index in [4.69, 9.17) is 0 Å². The number of hydrogen-bond donors (Lipinski definition) is 1. The number of hydrogen-bond acceptors (Lipinski definition) is 3. The summed E-state index contributed by atoms with van der Waals surface area (Å²) in [6.07, 6.45) is 2.09. The number of ether oxygens (including phenoxy) is 1. The lowest BCUT2D eigenvalue weighted by Gasteiger charge is -2.25. The zero-order chi connectivity index (χ0) is 14.5. The van der Waals surface area contributed by atoms with E-state index < -0.39 is 6.61 Å². The maximum Gasteiger partial charge on any atom is 0.387 e. The van der Waals surface area contributed by atoms with Crippen LogP contribution in [0, 0.1) is 0 Å². The Bertz CT molecular complexity index is 382. The van der Waals surface area contributed by atoms with Crippen LogP contribution in [0.4, 0.5) is 8.78 Å². The van der Waals surface area contributed by atoms with Gasteiger partial charge in [-0.05, 0) is 44.7 Å². The molecule has 1 N–H and O–H groups in total. The van der Waals surface area contributed by atoms with Crippen LogP contribution in [0.5, 0.6) is 5.75 Å². The molecule has 1 aromatic rings. The lowest BCUT2D eigenvalue weighted by Crippen LogP contribution is -2.33. The van der Waals surface area contributed by atoms with Crippen molar-refractivity contribution in [3.05, 3.63) is 29.8 Å². The fourth-order valence-corrected chi connectivity index (χ4v) is 1.75. The van der Waals surface area contributed by atoms with E-state index in [9.17, 15) is 8.78 Å². The van der Waals surface area contributed by atoms with E-state index in [0.717, 1.165) is 12.1 Å². The van der Waals surface area contributed by atoms with Crippen molar-refractivity contribution in [1.82, 2.24) is 5.32 Å². The van der Waals surface area contributed by atoms with Gasteiger partial charge in [-0.1, -0.05) is 12.1 Å². The third-order valence-corrected chi connectivity index (χ3v) is 4.24. The Labute approximate surface area is 117 Å². The monoisotopic (exact) mass is 289 g/mol. The van der Waals surface area contributed by atoms with Crippen molar-refractivity contribution in [1.29, 1.82) is 0 Å². The van der Waals surface area contributed by atoms with E-state index in [2.05, 4.69) is 37.1 Å². The Morgan fingerprint density at radius 2 is 1.84 bits per heavy atom. The molecule has 108 valence electrons. The molecule has 0 aliphatic carbocycles. The number of halogens is 2. The third-order valence-electron chi connectivity index (χ3n) is 2.99. The predicted octanol–water partition coefficient (Wildman–Crippen LogP) is 4.08. The van der Waals surface area contributed by atoms with Gasteiger partial charge in [-0.25, -0.2) is 0 Å². The van der Waals surface area contributed by atoms with Gasteiger partial charge in [0.15, 0.2) is 0 Å². The first-order valence-electron chi connectivity index (χ1n) is 6.17. The molecule has 19 heavy (non-hydrogen) atoms. The van der Waals surface area contributed by atoms with Crippen molar-refractivity contribution in [3.8, 4) is 5.75 Å². The Morgan fingerprint density at radius 1 is 1.26 bits per heavy atom. The van der Waals surface area contributed by atoms with E-state index in [0.29, 0.717) is 0 Å². The van der Waals surface area contributed by atoms with Crippen molar-refractivity contribution in [2.75, 3.05) is 12.8 Å². The Kier molecular flexibility index (Phi) is 6.07. The van der Waals surface area contributed by atoms with Gasteiger partial charge in [0, 0.05) is 17.3 Å². The maximum absolute atomic E-state index is 12.0. The molecular weight excluding hydrogens is 268 g/mol. The van der Waals surface area contributed by atoms with Gasteiger partial charge in [-0.3, -0.25) is 0 Å². The standard InChI is InChI=1S/C14H21F2NOS/c1-10(17-9-14(2,3)19-4)11-5-7-12(8-6-11)18-13(15)16/h5-8,10,13,17H,9H2,1-4H3. The SMILES string of the molecule is CSC(C)(C)CNC(C)c1ccc(OC(F)F)cc1. The first-order valence-corrected chi connectivity index (χ1v) is 7.40. The highest BCUT2D eigenvalue weighted by molar-refractivity contribution is 7.99. The molecule has 5 heteroatoms. The van der Waals surface area contributed by atoms with Crippen LogP contribution in [0.15, 0.2) is 24.3 Å². The second kappa shape index (κ2) is 7.10. The Balaban J connectivity index is 2.55. The molecule has 0 aromatic heterocycles. The summed E-state index contributed by atoms with van der Waals surface area (Å²) in [6.45, 7) is 4.52. The van der Waals surface area contributed by atoms with Crippen LogP contribution in [0.3, 0.4) is 0 Å². The summed E-state index contributed by atoms with van der Waals surface area (Å²) in [6, 6.07) is 6.92. The summed E-state index contributed by atoms with van der Waals surface area (Å²) < 4.78 is 28.6. The zero-order valence-corrected chi connectivity index (χ0v) is 12.6. The molecule has 0 aliphatic heterocycles. The average Bonchev–Trinajstić information content (AvgIpc) is 2.36. The summed E-state index contributed by atoms with van der Waals surface area (Å²) in [5.74, 6) is 0.190. The lowest BCUT2D eigenvalue weighted by molar-refractivity contribution is -0.0498. The second-order valence-electron chi connectivity index (χ2n) is 5.01. The highest BCUT2D eigenvalue weighted by Gasteiger charge is 2.17. The van der Waals surface area contributed by atoms with Gasteiger partial charge >= 0.3 is 6.61 Å². The molecule has 0 radical (unpaired) electrons. The minimum absolute atomic E-state index is 0.173. The molecule has 0 fully saturated rings. The van der Waals surface area contributed by atoms with E-state index in [1.165, 1.54) is 0 Å². The topological polar surface area (TPSA) is 21.3 Å². The largest absolute Gasteiger partial charge is 0.435 e. The van der Waals surface area contributed by atoms with Crippen LogP contribution >= 0.6 is 11.8 Å². The van der Waals surface area contributed by atoms with Gasteiger partial charge in [-0.15, -0.1) is 0 Å². The van der Waals surface area contributed by atoms with E-state index >= 15 is 0 Å². The van der Waals surface area contributed by atoms with E-state index in [1.54, 1.807) is 12.1 Å². The van der Waals surface area contributed by atoms with E-state index in [-0.39, 0.29) is 16.5 Å². The van der Waals surface area contributed by atoms with Crippen molar-refractivity contribution < 1.29 is 13.5 Å². The predicted molar refractivity (Wildman–Crippen MR) is 77.1 cm³/mol. The molecule has 0 aliphatic rings. The lowest BCUT2D eigenvalue weighted by atomic mass is 10.1. The number of nitrogens with one attached hydrogen (secondary N) is 1. The maximum atomic E-state index is 12.0. The van der Waals surface area contributed by atoms with E-state index in [1.807, 2.05) is 23.9 Å². The van der Waals surface area contributed by atoms with Crippen molar-refractivity contribution >= 4 is 11.8 Å². The molecule has 0 heterocycles. The zero-order valence-electron chi connectivity index (χ0n) is 11.7. The van der Waals surface area contributed by atoms with Gasteiger partial charge in [0.05, 0.1) is 0 Å². The van der Waals surface area contributed by atoms with Crippen molar-refractivity contribution in [2.24, 2.45) is 0 Å². The molecular formula is C14H21F2NOS. The number of alkyl halides is 2. The molecule has 1 atom stereocenters. The second-order valence-corrected chi connectivity index (χ2v) is 6.53. The van der Waals surface area contributed by atoms with Crippen molar-refractivity contribution in [3.63, 3.8) is 0 Å². The Morgan fingerprint density at radius 3 is 2.32 bits per heavy atom. The highest BCUT2D eigenvalue weighted by atomic mass is 32.2. The first kappa shape index (κ1) is 16.2. The van der Waals surface area contributed by atoms with Gasteiger partial charge in [0.2, 0.25) is 0 Å². The smallest absolute Gasteiger partial charge is 0.387 e. The fraction of sp³-hybridized carbons (Fsp3) is 0.571. The summed E-state index contributed by atoms with van der Waals surface area (Å²) in [7, 11) is 0. The van der Waals surface area contributed by atoms with Crippen LogP contribution in [0.2, 0.25) is 0 Å². The molecule has 0 spiro atoms. The van der Waals surface area contributed by atoms with Gasteiger partial charge < -0.3 is 10.1 Å². The molecule has 0 saturated carbocycles. The van der Waals surface area contributed by atoms with Crippen LogP contribution in [0.25, 0.3) is 0 Å². The minimum atomic E-state index is -2.77. The average molecular weight is 289 g/mol. The summed E-state index contributed by atoms with van der Waals surface area (Å²) in [5.41, 5.74) is 1.05. The van der Waals surface area contributed by atoms with Gasteiger partial charge in [0.1, 0.15) is 5.75 Å². The molecule has 1 aromatic carbocycles. The van der Waals surface area contributed by atoms with Crippen molar-refractivity contribution in [2.45, 2.75) is 38.2 Å². The first-order chi connectivity index (χ1) is 8.84. The molecule has 0 bridgehead atoms. The molecule has 0 saturated heterocycles. The summed E-state index contributed by atoms with van der Waals surface area (Å²) in [5, 5.41) is 3.44. The van der Waals surface area contributed by atoms with Gasteiger partial charge in [-0.2, -0.15) is 20.5 Å². The van der Waals surface area contributed by atoms with Crippen LogP contribution in [0.1, 0.15) is 32.4 Å². The molecule has 1 rings (SSSR count). The molecule has 2 nitrogen and oxygen atoms in total. The quantitative estimate of drug-likeness (QED) is 0.817. The fourth-order valence-electron chi connectivity index (χ4n) is 1.53. The van der Waals surface area contributed by atoms with Crippen LogP contribution in [-0.2, 0) is 0 Å². The van der Waals surface area contributed by atoms with Gasteiger partial charge in [0.25, 0.3) is 0 Å². The summed E-state index contributed by atoms with van der Waals surface area (Å²) >= 11 is 1.81. The number of benzene rings is 1. The normalized spacial score (nSPS) is 13.6. The third kappa shape index (κ3) is 5.78. The Hall–Kier alpha value is -0.810. The highest BCUT2D eigenvalue weighted by Crippen LogP contribution is 2.23. The van der Waals surface area contributed by atoms with Crippen LogP contribution < -0.4 is 10.1 Å².